The number of rotatable bonds is 12. The van der Waals surface area contributed by atoms with E-state index in [4.69, 9.17) is 0 Å². The minimum absolute atomic E-state index is 0. The molecule has 0 aliphatic carbocycles. The van der Waals surface area contributed by atoms with Crippen molar-refractivity contribution >= 4 is 52.5 Å². The molecule has 0 saturated heterocycles. The Balaban J connectivity index is 0. The second-order valence-electron chi connectivity index (χ2n) is 4.63. The Morgan fingerprint density at radius 1 is 1.09 bits per heavy atom. The Morgan fingerprint density at radius 2 is 1.68 bits per heavy atom. The SMILES string of the molecule is CCCCCCCCC(CC(=O)O[SH](=O)=O)C(=O)ON=O.[NaH]. The van der Waals surface area contributed by atoms with E-state index in [0.717, 1.165) is 32.1 Å². The third kappa shape index (κ3) is 13.2. The van der Waals surface area contributed by atoms with Gasteiger partial charge in [0.2, 0.25) is 0 Å². The zero-order valence-electron chi connectivity index (χ0n) is 12.0. The molecule has 1 atom stereocenters. The molecule has 0 fully saturated rings. The fourth-order valence-corrected chi connectivity index (χ4v) is 2.15. The molecule has 0 spiro atoms. The fraction of sp³-hybridized carbons (Fsp3) is 0.833. The molecule has 1 unspecified atom stereocenters. The summed E-state index contributed by atoms with van der Waals surface area (Å²) in [6, 6.07) is 0. The molecule has 124 valence electrons. The van der Waals surface area contributed by atoms with Crippen LogP contribution in [0, 0.1) is 10.8 Å². The molecule has 0 aliphatic heterocycles. The van der Waals surface area contributed by atoms with E-state index >= 15 is 0 Å². The molecule has 0 saturated carbocycles. The monoisotopic (exact) mass is 347 g/mol. The van der Waals surface area contributed by atoms with E-state index in [9.17, 15) is 22.9 Å². The number of carbonyl (C=O) groups is 2. The van der Waals surface area contributed by atoms with E-state index < -0.39 is 35.3 Å². The zero-order chi connectivity index (χ0) is 16.1. The first kappa shape index (κ1) is 23.8. The molecule has 0 radical (unpaired) electrons. The van der Waals surface area contributed by atoms with Crippen molar-refractivity contribution in [2.24, 2.45) is 11.3 Å². The van der Waals surface area contributed by atoms with Gasteiger partial charge < -0.3 is 4.18 Å². The predicted octanol–water partition coefficient (Wildman–Crippen LogP) is 1.39. The molecule has 0 amide bonds. The summed E-state index contributed by atoms with van der Waals surface area (Å²) in [6.45, 7) is 2.10. The van der Waals surface area contributed by atoms with Crippen molar-refractivity contribution in [2.75, 3.05) is 0 Å². The maximum absolute atomic E-state index is 11.5. The predicted molar refractivity (Wildman–Crippen MR) is 81.5 cm³/mol. The van der Waals surface area contributed by atoms with Crippen LogP contribution in [0.5, 0.6) is 0 Å². The van der Waals surface area contributed by atoms with Crippen molar-refractivity contribution in [1.82, 2.24) is 0 Å². The number of nitrogens with zero attached hydrogens (tertiary/aromatic N) is 1. The first-order valence-electron chi connectivity index (χ1n) is 6.90. The molecule has 0 aromatic heterocycles. The average molecular weight is 347 g/mol. The van der Waals surface area contributed by atoms with Crippen LogP contribution in [-0.4, -0.2) is 49.9 Å². The van der Waals surface area contributed by atoms with Crippen LogP contribution in [0.2, 0.25) is 0 Å². The van der Waals surface area contributed by atoms with E-state index in [1.54, 1.807) is 0 Å². The normalized spacial score (nSPS) is 11.4. The number of hydrogen-bond donors (Lipinski definition) is 1. The van der Waals surface area contributed by atoms with Gasteiger partial charge in [-0.05, 0) is 6.42 Å². The van der Waals surface area contributed by atoms with Crippen molar-refractivity contribution < 1.29 is 27.0 Å². The molecular weight excluding hydrogens is 325 g/mol. The van der Waals surface area contributed by atoms with Crippen LogP contribution < -0.4 is 0 Å². The van der Waals surface area contributed by atoms with Gasteiger partial charge in [0.1, 0.15) is 0 Å². The van der Waals surface area contributed by atoms with Gasteiger partial charge in [0, 0.05) is 0 Å². The molecule has 0 N–H and O–H groups in total. The first-order valence-corrected chi connectivity index (χ1v) is 7.99. The van der Waals surface area contributed by atoms with Crippen LogP contribution in [0.15, 0.2) is 5.34 Å². The van der Waals surface area contributed by atoms with Crippen molar-refractivity contribution in [3.05, 3.63) is 4.91 Å². The van der Waals surface area contributed by atoms with Gasteiger partial charge >= 0.3 is 52.5 Å². The molecule has 0 aromatic rings. The van der Waals surface area contributed by atoms with E-state index in [2.05, 4.69) is 15.9 Å². The molecule has 0 bridgehead atoms. The van der Waals surface area contributed by atoms with Gasteiger partial charge in [-0.25, -0.2) is 4.79 Å². The molecule has 0 rings (SSSR count). The van der Waals surface area contributed by atoms with Crippen molar-refractivity contribution in [2.45, 2.75) is 58.3 Å². The van der Waals surface area contributed by atoms with Crippen LogP contribution in [0.4, 0.5) is 0 Å². The molecule has 8 nitrogen and oxygen atoms in total. The Morgan fingerprint density at radius 3 is 2.23 bits per heavy atom. The third-order valence-electron chi connectivity index (χ3n) is 2.96. The maximum atomic E-state index is 11.5. The van der Waals surface area contributed by atoms with Gasteiger partial charge in [-0.2, -0.15) is 8.42 Å². The number of hydrogen-bond acceptors (Lipinski definition) is 8. The van der Waals surface area contributed by atoms with Crippen LogP contribution in [0.25, 0.3) is 0 Å². The number of unbranched alkanes of at least 4 members (excludes halogenated alkanes) is 5. The summed E-state index contributed by atoms with van der Waals surface area (Å²) in [7, 11) is -3.31. The summed E-state index contributed by atoms with van der Waals surface area (Å²) < 4.78 is 24.5. The Kier molecular flexibility index (Phi) is 16.6. The third-order valence-corrected chi connectivity index (χ3v) is 3.31. The molecular formula is C12H22NNaO7S. The second-order valence-corrected chi connectivity index (χ2v) is 5.26. The molecule has 0 heterocycles. The van der Waals surface area contributed by atoms with E-state index in [-0.39, 0.29) is 29.6 Å². The number of thiol groups is 1. The molecule has 0 aliphatic rings. The van der Waals surface area contributed by atoms with Crippen molar-refractivity contribution in [1.29, 1.82) is 0 Å². The molecule has 22 heavy (non-hydrogen) atoms. The van der Waals surface area contributed by atoms with Gasteiger partial charge in [-0.3, -0.25) is 9.63 Å². The summed E-state index contributed by atoms with van der Waals surface area (Å²) in [5.74, 6) is -2.92. The topological polar surface area (TPSA) is 116 Å². The van der Waals surface area contributed by atoms with Crippen LogP contribution in [-0.2, 0) is 29.6 Å². The van der Waals surface area contributed by atoms with Gasteiger partial charge in [-0.1, -0.05) is 45.4 Å². The summed E-state index contributed by atoms with van der Waals surface area (Å²) in [6.07, 6.45) is 5.78. The minimum atomic E-state index is -3.31. The molecule has 0 aromatic carbocycles. The second kappa shape index (κ2) is 15.4. The quantitative estimate of drug-likeness (QED) is 0.186. The van der Waals surface area contributed by atoms with Crippen LogP contribution >= 0.6 is 0 Å². The zero-order valence-corrected chi connectivity index (χ0v) is 12.9. The Bertz CT molecular complexity index is 406. The van der Waals surface area contributed by atoms with E-state index in [1.165, 1.54) is 0 Å². The summed E-state index contributed by atoms with van der Waals surface area (Å²) in [4.78, 5) is 36.6. The van der Waals surface area contributed by atoms with Crippen molar-refractivity contribution in [3.63, 3.8) is 0 Å². The average Bonchev–Trinajstić information content (AvgIpc) is 2.40. The Hall–Kier alpha value is -0.510. The summed E-state index contributed by atoms with van der Waals surface area (Å²) >= 11 is 0. The summed E-state index contributed by atoms with van der Waals surface area (Å²) in [5.41, 5.74) is 0. The van der Waals surface area contributed by atoms with Crippen molar-refractivity contribution in [3.8, 4) is 0 Å². The standard InChI is InChI=1S/C12H21NO7S.Na.H/c1-2-3-4-5-6-7-8-10(12(15)19-13-16)9-11(14)20-21(17)18;;/h10,21H,2-9H2,1H3;;. The van der Waals surface area contributed by atoms with Crippen LogP contribution in [0.1, 0.15) is 58.3 Å². The van der Waals surface area contributed by atoms with Gasteiger partial charge in [0.25, 0.3) is 0 Å². The van der Waals surface area contributed by atoms with Crippen LogP contribution in [0.3, 0.4) is 0 Å². The first-order chi connectivity index (χ1) is 10.0. The van der Waals surface area contributed by atoms with Gasteiger partial charge in [0.15, 0.2) is 5.34 Å². The van der Waals surface area contributed by atoms with E-state index in [0.29, 0.717) is 12.8 Å². The number of carbonyl (C=O) groups excluding carboxylic acids is 2. The fourth-order valence-electron chi connectivity index (χ4n) is 1.91. The Labute approximate surface area is 153 Å². The van der Waals surface area contributed by atoms with E-state index in [1.807, 2.05) is 5.34 Å². The summed E-state index contributed by atoms with van der Waals surface area (Å²) in [5, 5.41) is 2.02. The molecule has 10 heteroatoms. The van der Waals surface area contributed by atoms with Gasteiger partial charge in [-0.15, -0.1) is 4.91 Å². The van der Waals surface area contributed by atoms with Gasteiger partial charge in [0.05, 0.1) is 12.3 Å².